The van der Waals surface area contributed by atoms with Gasteiger partial charge in [0.15, 0.2) is 0 Å². The van der Waals surface area contributed by atoms with Gasteiger partial charge in [0.2, 0.25) is 0 Å². The van der Waals surface area contributed by atoms with Gasteiger partial charge in [-0.25, -0.2) is 4.39 Å². The molecule has 0 saturated carbocycles. The first kappa shape index (κ1) is 13.5. The molecule has 0 aliphatic carbocycles. The maximum atomic E-state index is 13.0. The number of nitrogens with one attached hydrogen (secondary N) is 1. The second kappa shape index (κ2) is 6.83. The molecule has 1 aliphatic heterocycles. The molecule has 1 heterocycles. The molecule has 0 radical (unpaired) electrons. The summed E-state index contributed by atoms with van der Waals surface area (Å²) >= 11 is 0. The molecule has 3 nitrogen and oxygen atoms in total. The first-order valence-corrected chi connectivity index (χ1v) is 6.60. The van der Waals surface area contributed by atoms with Crippen LogP contribution in [0.2, 0.25) is 0 Å². The number of hydrogen-bond acceptors (Lipinski definition) is 3. The average Bonchev–Trinajstić information content (AvgIpc) is 2.37. The fraction of sp³-hybridized carbons (Fsp3) is 0.571. The summed E-state index contributed by atoms with van der Waals surface area (Å²) in [7, 11) is 2.17. The van der Waals surface area contributed by atoms with Crippen LogP contribution in [0.1, 0.15) is 5.56 Å². The van der Waals surface area contributed by atoms with Gasteiger partial charge in [-0.3, -0.25) is 4.90 Å². The van der Waals surface area contributed by atoms with Crippen molar-refractivity contribution in [3.63, 3.8) is 0 Å². The summed E-state index contributed by atoms with van der Waals surface area (Å²) < 4.78 is 13.0. The molecule has 1 aliphatic rings. The van der Waals surface area contributed by atoms with E-state index < -0.39 is 0 Å². The Bertz CT molecular complexity index is 362. The molecule has 0 atom stereocenters. The van der Waals surface area contributed by atoms with Crippen molar-refractivity contribution < 1.29 is 4.39 Å². The number of piperazine rings is 1. The van der Waals surface area contributed by atoms with Crippen molar-refractivity contribution in [3.05, 3.63) is 35.6 Å². The van der Waals surface area contributed by atoms with E-state index in [1.807, 2.05) is 6.07 Å². The highest BCUT2D eigenvalue weighted by molar-refractivity contribution is 5.15. The van der Waals surface area contributed by atoms with Crippen LogP contribution in [-0.4, -0.2) is 56.1 Å². The molecule has 1 saturated heterocycles. The third kappa shape index (κ3) is 4.37. The predicted molar refractivity (Wildman–Crippen MR) is 72.0 cm³/mol. The molecule has 4 heteroatoms. The van der Waals surface area contributed by atoms with Gasteiger partial charge in [-0.15, -0.1) is 0 Å². The maximum absolute atomic E-state index is 13.0. The highest BCUT2D eigenvalue weighted by atomic mass is 19.1. The van der Waals surface area contributed by atoms with Gasteiger partial charge >= 0.3 is 0 Å². The maximum Gasteiger partial charge on any atom is 0.123 e. The minimum absolute atomic E-state index is 0.159. The lowest BCUT2D eigenvalue weighted by Gasteiger charge is -2.32. The van der Waals surface area contributed by atoms with Crippen LogP contribution in [0.15, 0.2) is 24.3 Å². The van der Waals surface area contributed by atoms with Crippen LogP contribution in [0, 0.1) is 5.82 Å². The van der Waals surface area contributed by atoms with E-state index in [9.17, 15) is 4.39 Å². The molecule has 0 unspecified atom stereocenters. The summed E-state index contributed by atoms with van der Waals surface area (Å²) in [6.07, 6.45) is 0. The van der Waals surface area contributed by atoms with E-state index in [0.29, 0.717) is 0 Å². The molecule has 100 valence electrons. The van der Waals surface area contributed by atoms with Crippen molar-refractivity contribution in [1.29, 1.82) is 0 Å². The molecule has 1 aromatic rings. The Balaban J connectivity index is 1.61. The Morgan fingerprint density at radius 3 is 2.72 bits per heavy atom. The van der Waals surface area contributed by atoms with Crippen LogP contribution in [0.25, 0.3) is 0 Å². The number of likely N-dealkylation sites (N-methyl/N-ethyl adjacent to an activating group) is 1. The zero-order chi connectivity index (χ0) is 12.8. The van der Waals surface area contributed by atoms with Crippen LogP contribution in [0.3, 0.4) is 0 Å². The molecule has 0 aromatic heterocycles. The largest absolute Gasteiger partial charge is 0.311 e. The van der Waals surface area contributed by atoms with Crippen molar-refractivity contribution >= 4 is 0 Å². The minimum atomic E-state index is -0.159. The van der Waals surface area contributed by atoms with E-state index in [4.69, 9.17) is 0 Å². The molecule has 0 bridgehead atoms. The lowest BCUT2D eigenvalue weighted by molar-refractivity contribution is 0.154. The van der Waals surface area contributed by atoms with Gasteiger partial charge in [-0.2, -0.15) is 0 Å². The van der Waals surface area contributed by atoms with Crippen LogP contribution in [-0.2, 0) is 6.54 Å². The van der Waals surface area contributed by atoms with Crippen LogP contribution < -0.4 is 5.32 Å². The minimum Gasteiger partial charge on any atom is -0.311 e. The molecular weight excluding hydrogens is 229 g/mol. The zero-order valence-corrected chi connectivity index (χ0v) is 11.0. The fourth-order valence-electron chi connectivity index (χ4n) is 2.19. The van der Waals surface area contributed by atoms with Gasteiger partial charge in [-0.1, -0.05) is 12.1 Å². The number of hydrogen-bond donors (Lipinski definition) is 1. The van der Waals surface area contributed by atoms with Crippen LogP contribution in [0.5, 0.6) is 0 Å². The third-order valence-electron chi connectivity index (χ3n) is 3.42. The van der Waals surface area contributed by atoms with Crippen molar-refractivity contribution in [3.8, 4) is 0 Å². The first-order valence-electron chi connectivity index (χ1n) is 6.60. The highest BCUT2D eigenvalue weighted by Crippen LogP contribution is 2.03. The van der Waals surface area contributed by atoms with Crippen molar-refractivity contribution in [2.45, 2.75) is 6.54 Å². The Morgan fingerprint density at radius 2 is 2.00 bits per heavy atom. The van der Waals surface area contributed by atoms with Crippen molar-refractivity contribution in [2.75, 3.05) is 46.3 Å². The number of nitrogens with zero attached hydrogens (tertiary/aromatic N) is 2. The smallest absolute Gasteiger partial charge is 0.123 e. The van der Waals surface area contributed by atoms with Gasteiger partial charge in [0.05, 0.1) is 0 Å². The summed E-state index contributed by atoms with van der Waals surface area (Å²) in [6, 6.07) is 6.77. The Labute approximate surface area is 109 Å². The standard InChI is InChI=1S/C14H22FN3/c1-17-7-9-18(10-8-17)6-5-16-12-13-3-2-4-14(15)11-13/h2-4,11,16H,5-10,12H2,1H3. The summed E-state index contributed by atoms with van der Waals surface area (Å²) in [4.78, 5) is 4.83. The van der Waals surface area contributed by atoms with Crippen molar-refractivity contribution in [2.24, 2.45) is 0 Å². The molecule has 2 rings (SSSR count). The summed E-state index contributed by atoms with van der Waals surface area (Å²) in [5.74, 6) is -0.159. The summed E-state index contributed by atoms with van der Waals surface area (Å²) in [5.41, 5.74) is 1.01. The van der Waals surface area contributed by atoms with Crippen LogP contribution in [0.4, 0.5) is 4.39 Å². The van der Waals surface area contributed by atoms with E-state index in [2.05, 4.69) is 22.2 Å². The molecule has 18 heavy (non-hydrogen) atoms. The quantitative estimate of drug-likeness (QED) is 0.792. The van der Waals surface area contributed by atoms with Gasteiger partial charge in [0, 0.05) is 45.8 Å². The topological polar surface area (TPSA) is 18.5 Å². The molecule has 1 fully saturated rings. The lowest BCUT2D eigenvalue weighted by atomic mass is 10.2. The number of halogens is 1. The van der Waals surface area contributed by atoms with E-state index in [1.54, 1.807) is 12.1 Å². The SMILES string of the molecule is CN1CCN(CCNCc2cccc(F)c2)CC1. The van der Waals surface area contributed by atoms with Gasteiger partial charge in [-0.05, 0) is 24.7 Å². The second-order valence-electron chi connectivity index (χ2n) is 4.95. The number of benzene rings is 1. The third-order valence-corrected chi connectivity index (χ3v) is 3.42. The van der Waals surface area contributed by atoms with Crippen molar-refractivity contribution in [1.82, 2.24) is 15.1 Å². The Kier molecular flexibility index (Phi) is 5.11. The summed E-state index contributed by atoms with van der Waals surface area (Å²) in [5, 5.41) is 3.37. The van der Waals surface area contributed by atoms with Gasteiger partial charge < -0.3 is 10.2 Å². The summed E-state index contributed by atoms with van der Waals surface area (Å²) in [6.45, 7) is 7.39. The van der Waals surface area contributed by atoms with E-state index in [1.165, 1.54) is 6.07 Å². The number of rotatable bonds is 5. The molecule has 1 aromatic carbocycles. The Morgan fingerprint density at radius 1 is 1.22 bits per heavy atom. The first-order chi connectivity index (χ1) is 8.74. The molecule has 0 amide bonds. The van der Waals surface area contributed by atoms with E-state index >= 15 is 0 Å². The molecular formula is C14H22FN3. The Hall–Kier alpha value is -0.970. The predicted octanol–water partition coefficient (Wildman–Crippen LogP) is 1.16. The van der Waals surface area contributed by atoms with E-state index in [0.717, 1.165) is 51.4 Å². The van der Waals surface area contributed by atoms with Gasteiger partial charge in [0.25, 0.3) is 0 Å². The molecule has 1 N–H and O–H groups in total. The highest BCUT2D eigenvalue weighted by Gasteiger charge is 2.12. The fourth-order valence-corrected chi connectivity index (χ4v) is 2.19. The second-order valence-corrected chi connectivity index (χ2v) is 4.95. The van der Waals surface area contributed by atoms with E-state index in [-0.39, 0.29) is 5.82 Å². The van der Waals surface area contributed by atoms with Gasteiger partial charge in [0.1, 0.15) is 5.82 Å². The van der Waals surface area contributed by atoms with Crippen LogP contribution >= 0.6 is 0 Å². The zero-order valence-electron chi connectivity index (χ0n) is 11.0. The lowest BCUT2D eigenvalue weighted by Crippen LogP contribution is -2.46. The normalized spacial score (nSPS) is 18.1. The molecule has 0 spiro atoms. The monoisotopic (exact) mass is 251 g/mol. The average molecular weight is 251 g/mol.